The first kappa shape index (κ1) is 17.2. The van der Waals surface area contributed by atoms with Gasteiger partial charge in [-0.3, -0.25) is 9.59 Å². The molecule has 0 saturated carbocycles. The molecule has 0 aromatic carbocycles. The molecule has 0 heterocycles. The summed E-state index contributed by atoms with van der Waals surface area (Å²) in [5.41, 5.74) is 0. The smallest absolute Gasteiger partial charge is 0.317 e. The molecule has 0 spiro atoms. The van der Waals surface area contributed by atoms with Crippen molar-refractivity contribution in [3.8, 4) is 0 Å². The quantitative estimate of drug-likeness (QED) is 0.700. The van der Waals surface area contributed by atoms with Crippen molar-refractivity contribution in [2.24, 2.45) is 0 Å². The number of aliphatic carboxylic acids is 1. The van der Waals surface area contributed by atoms with Gasteiger partial charge in [0.1, 0.15) is 6.54 Å². The molecule has 0 fully saturated rings. The number of nitrogens with one attached hydrogen (secondary N) is 1. The Hall–Kier alpha value is -1.79. The summed E-state index contributed by atoms with van der Waals surface area (Å²) in [4.78, 5) is 36.6. The number of carbonyl (C=O) groups is 3. The van der Waals surface area contributed by atoms with Crippen LogP contribution in [0.3, 0.4) is 0 Å². The zero-order valence-electron chi connectivity index (χ0n) is 12.0. The highest BCUT2D eigenvalue weighted by atomic mass is 16.4. The molecule has 1 unspecified atom stereocenters. The third-order valence-electron chi connectivity index (χ3n) is 2.60. The number of urea groups is 1. The second kappa shape index (κ2) is 8.34. The van der Waals surface area contributed by atoms with Gasteiger partial charge in [-0.05, 0) is 6.42 Å². The Morgan fingerprint density at radius 3 is 2.21 bits per heavy atom. The van der Waals surface area contributed by atoms with Gasteiger partial charge in [-0.15, -0.1) is 0 Å². The molecule has 0 radical (unpaired) electrons. The van der Waals surface area contributed by atoms with Crippen LogP contribution in [0, 0.1) is 0 Å². The fourth-order valence-corrected chi connectivity index (χ4v) is 1.49. The van der Waals surface area contributed by atoms with Gasteiger partial charge >= 0.3 is 12.0 Å². The Bertz CT molecular complexity index is 331. The lowest BCUT2D eigenvalue weighted by molar-refractivity contribution is -0.137. The van der Waals surface area contributed by atoms with Crippen molar-refractivity contribution >= 4 is 17.9 Å². The standard InChI is InChI=1S/C12H23N3O4/c1-5-6-9(7-11(17)18)13-12(19)15(4)8-10(16)14(2)3/h9H,5-8H2,1-4H3,(H,13,19)(H,17,18). The first-order valence-corrected chi connectivity index (χ1v) is 6.21. The van der Waals surface area contributed by atoms with Gasteiger partial charge in [0.25, 0.3) is 0 Å². The summed E-state index contributed by atoms with van der Waals surface area (Å²) in [5.74, 6) is -1.14. The maximum atomic E-state index is 11.8. The van der Waals surface area contributed by atoms with Gasteiger partial charge in [0.2, 0.25) is 5.91 Å². The third kappa shape index (κ3) is 7.28. The Balaban J connectivity index is 4.37. The van der Waals surface area contributed by atoms with E-state index in [1.165, 1.54) is 16.8 Å². The summed E-state index contributed by atoms with van der Waals surface area (Å²) in [5, 5.41) is 11.4. The lowest BCUT2D eigenvalue weighted by Gasteiger charge is -2.23. The molecule has 0 rings (SSSR count). The summed E-state index contributed by atoms with van der Waals surface area (Å²) in [7, 11) is 4.72. The van der Waals surface area contributed by atoms with Crippen LogP contribution in [0.5, 0.6) is 0 Å². The number of hydrogen-bond donors (Lipinski definition) is 2. The maximum absolute atomic E-state index is 11.8. The van der Waals surface area contributed by atoms with Crippen LogP contribution in [-0.4, -0.2) is 66.5 Å². The highest BCUT2D eigenvalue weighted by Gasteiger charge is 2.19. The zero-order chi connectivity index (χ0) is 15.0. The second-order valence-electron chi connectivity index (χ2n) is 4.68. The summed E-state index contributed by atoms with van der Waals surface area (Å²) in [6.07, 6.45) is 1.25. The average molecular weight is 273 g/mol. The van der Waals surface area contributed by atoms with Gasteiger partial charge in [-0.25, -0.2) is 4.79 Å². The molecular formula is C12H23N3O4. The van der Waals surface area contributed by atoms with Gasteiger partial charge in [0.05, 0.1) is 6.42 Å². The molecule has 2 N–H and O–H groups in total. The summed E-state index contributed by atoms with van der Waals surface area (Å²) in [6, 6.07) is -0.846. The summed E-state index contributed by atoms with van der Waals surface area (Å²) in [6.45, 7) is 1.88. The number of carboxylic acid groups (broad SMARTS) is 1. The molecule has 0 aliphatic heterocycles. The molecule has 0 aromatic heterocycles. The number of amides is 3. The molecule has 0 aliphatic carbocycles. The molecule has 0 aromatic rings. The van der Waals surface area contributed by atoms with Crippen LogP contribution in [-0.2, 0) is 9.59 Å². The molecule has 19 heavy (non-hydrogen) atoms. The normalized spacial score (nSPS) is 11.6. The largest absolute Gasteiger partial charge is 0.481 e. The number of rotatable bonds is 7. The second-order valence-corrected chi connectivity index (χ2v) is 4.68. The van der Waals surface area contributed by atoms with Crippen LogP contribution in [0.2, 0.25) is 0 Å². The van der Waals surface area contributed by atoms with Crippen LogP contribution >= 0.6 is 0 Å². The van der Waals surface area contributed by atoms with E-state index in [9.17, 15) is 14.4 Å². The lowest BCUT2D eigenvalue weighted by Crippen LogP contribution is -2.47. The minimum atomic E-state index is -0.953. The molecule has 7 nitrogen and oxygen atoms in total. The highest BCUT2D eigenvalue weighted by molar-refractivity contribution is 5.84. The molecule has 3 amide bonds. The van der Waals surface area contributed by atoms with E-state index in [1.54, 1.807) is 14.1 Å². The summed E-state index contributed by atoms with van der Waals surface area (Å²) < 4.78 is 0. The van der Waals surface area contributed by atoms with Crippen LogP contribution in [0.1, 0.15) is 26.2 Å². The molecule has 1 atom stereocenters. The van der Waals surface area contributed by atoms with Crippen LogP contribution in [0.15, 0.2) is 0 Å². The van der Waals surface area contributed by atoms with Crippen molar-refractivity contribution in [1.82, 2.24) is 15.1 Å². The molecular weight excluding hydrogens is 250 g/mol. The fourth-order valence-electron chi connectivity index (χ4n) is 1.49. The summed E-state index contributed by atoms with van der Waals surface area (Å²) >= 11 is 0. The number of likely N-dealkylation sites (N-methyl/N-ethyl adjacent to an activating group) is 2. The average Bonchev–Trinajstić information content (AvgIpc) is 2.27. The third-order valence-corrected chi connectivity index (χ3v) is 2.60. The monoisotopic (exact) mass is 273 g/mol. The van der Waals surface area contributed by atoms with E-state index in [4.69, 9.17) is 5.11 Å². The zero-order valence-corrected chi connectivity index (χ0v) is 12.0. The molecule has 110 valence electrons. The fraction of sp³-hybridized carbons (Fsp3) is 0.750. The van der Waals surface area contributed by atoms with Gasteiger partial charge in [0, 0.05) is 27.2 Å². The van der Waals surface area contributed by atoms with E-state index in [2.05, 4.69) is 5.32 Å². The first-order valence-electron chi connectivity index (χ1n) is 6.21. The van der Waals surface area contributed by atoms with E-state index in [0.717, 1.165) is 6.42 Å². The van der Waals surface area contributed by atoms with Gasteiger partial charge < -0.3 is 20.2 Å². The van der Waals surface area contributed by atoms with E-state index in [1.807, 2.05) is 6.92 Å². The Kier molecular flexibility index (Phi) is 7.55. The van der Waals surface area contributed by atoms with Crippen molar-refractivity contribution < 1.29 is 19.5 Å². The number of hydrogen-bond acceptors (Lipinski definition) is 3. The van der Waals surface area contributed by atoms with E-state index in [-0.39, 0.29) is 18.9 Å². The first-order chi connectivity index (χ1) is 8.77. The topological polar surface area (TPSA) is 90.0 Å². The Morgan fingerprint density at radius 1 is 1.21 bits per heavy atom. The van der Waals surface area contributed by atoms with Crippen LogP contribution in [0.4, 0.5) is 4.79 Å². The lowest BCUT2D eigenvalue weighted by atomic mass is 10.1. The van der Waals surface area contributed by atoms with E-state index in [0.29, 0.717) is 6.42 Å². The van der Waals surface area contributed by atoms with Crippen molar-refractivity contribution in [2.75, 3.05) is 27.7 Å². The van der Waals surface area contributed by atoms with Crippen molar-refractivity contribution in [3.63, 3.8) is 0 Å². The number of carboxylic acids is 1. The van der Waals surface area contributed by atoms with Crippen molar-refractivity contribution in [2.45, 2.75) is 32.2 Å². The van der Waals surface area contributed by atoms with E-state index >= 15 is 0 Å². The van der Waals surface area contributed by atoms with Crippen molar-refractivity contribution in [1.29, 1.82) is 0 Å². The minimum Gasteiger partial charge on any atom is -0.481 e. The number of nitrogens with zero attached hydrogens (tertiary/aromatic N) is 2. The van der Waals surface area contributed by atoms with Gasteiger partial charge in [-0.1, -0.05) is 13.3 Å². The maximum Gasteiger partial charge on any atom is 0.317 e. The van der Waals surface area contributed by atoms with Gasteiger partial charge in [-0.2, -0.15) is 0 Å². The van der Waals surface area contributed by atoms with Crippen LogP contribution < -0.4 is 5.32 Å². The predicted molar refractivity (Wildman–Crippen MR) is 70.8 cm³/mol. The van der Waals surface area contributed by atoms with Crippen molar-refractivity contribution in [3.05, 3.63) is 0 Å². The Morgan fingerprint density at radius 2 is 1.79 bits per heavy atom. The van der Waals surface area contributed by atoms with E-state index < -0.39 is 18.0 Å². The molecule has 0 saturated heterocycles. The number of carbonyl (C=O) groups excluding carboxylic acids is 2. The molecule has 0 aliphatic rings. The minimum absolute atomic E-state index is 0.0370. The van der Waals surface area contributed by atoms with Gasteiger partial charge in [0.15, 0.2) is 0 Å². The highest BCUT2D eigenvalue weighted by Crippen LogP contribution is 2.03. The Labute approximate surface area is 113 Å². The van der Waals surface area contributed by atoms with Crippen LogP contribution in [0.25, 0.3) is 0 Å². The molecule has 7 heteroatoms. The predicted octanol–water partition coefficient (Wildman–Crippen LogP) is 0.359. The SMILES string of the molecule is CCCC(CC(=O)O)NC(=O)N(C)CC(=O)N(C)C. The molecule has 0 bridgehead atoms.